The molecule has 1 unspecified atom stereocenters. The first-order valence-corrected chi connectivity index (χ1v) is 9.41. The van der Waals surface area contributed by atoms with Gasteiger partial charge < -0.3 is 14.9 Å². The van der Waals surface area contributed by atoms with Crippen LogP contribution >= 0.6 is 0 Å². The van der Waals surface area contributed by atoms with Crippen molar-refractivity contribution in [3.8, 4) is 0 Å². The van der Waals surface area contributed by atoms with Gasteiger partial charge in [-0.05, 0) is 37.6 Å². The molecule has 1 amide bonds. The lowest BCUT2D eigenvalue weighted by atomic mass is 9.92. The molecule has 0 aliphatic carbocycles. The van der Waals surface area contributed by atoms with E-state index in [0.717, 1.165) is 25.2 Å². The average molecular weight is 357 g/mol. The Morgan fingerprint density at radius 3 is 2.62 bits per heavy atom. The second-order valence-electron chi connectivity index (χ2n) is 7.37. The summed E-state index contributed by atoms with van der Waals surface area (Å²) in [7, 11) is 0. The number of hydrogen-bond acceptors (Lipinski definition) is 5. The number of Topliss-reactive ketones (excluding diaryl/α,β-unsaturated/α-hetero) is 1. The van der Waals surface area contributed by atoms with Gasteiger partial charge >= 0.3 is 0 Å². The zero-order valence-electron chi connectivity index (χ0n) is 15.5. The fourth-order valence-electron chi connectivity index (χ4n) is 3.76. The highest BCUT2D eigenvalue weighted by molar-refractivity contribution is 6.09. The second kappa shape index (κ2) is 7.99. The predicted octanol–water partition coefficient (Wildman–Crippen LogP) is 2.49. The number of aromatic nitrogens is 1. The Kier molecular flexibility index (Phi) is 5.71. The molecule has 26 heavy (non-hydrogen) atoms. The Labute approximate surface area is 154 Å². The minimum atomic E-state index is -0.559. The number of carbonyl (C=O) groups excluding carboxylic acids is 2. The number of piperidine rings is 1. The molecule has 0 spiro atoms. The molecular formula is C20H27N3O3. The van der Waals surface area contributed by atoms with Crippen molar-refractivity contribution in [1.82, 2.24) is 14.8 Å². The molecule has 1 aromatic rings. The molecule has 0 radical (unpaired) electrons. The van der Waals surface area contributed by atoms with Gasteiger partial charge in [0.05, 0.1) is 11.6 Å². The molecule has 2 aliphatic heterocycles. The number of aliphatic hydroxyl groups excluding tert-OH is 1. The molecule has 1 fully saturated rings. The third-order valence-corrected chi connectivity index (χ3v) is 5.20. The van der Waals surface area contributed by atoms with Crippen molar-refractivity contribution in [2.24, 2.45) is 5.92 Å². The molecule has 3 heterocycles. The first kappa shape index (κ1) is 18.6. The van der Waals surface area contributed by atoms with Gasteiger partial charge in [-0.25, -0.2) is 0 Å². The van der Waals surface area contributed by atoms with E-state index in [0.29, 0.717) is 6.54 Å². The van der Waals surface area contributed by atoms with Gasteiger partial charge in [-0.1, -0.05) is 26.3 Å². The van der Waals surface area contributed by atoms with Crippen LogP contribution in [-0.2, 0) is 9.59 Å². The fraction of sp³-hybridized carbons (Fsp3) is 0.550. The number of ketones is 1. The number of hydrogen-bond donors (Lipinski definition) is 1. The van der Waals surface area contributed by atoms with Crippen molar-refractivity contribution in [3.63, 3.8) is 0 Å². The Bertz CT molecular complexity index is 694. The van der Waals surface area contributed by atoms with E-state index in [1.54, 1.807) is 37.2 Å². The lowest BCUT2D eigenvalue weighted by molar-refractivity contribution is -0.129. The first-order chi connectivity index (χ1) is 12.5. The van der Waals surface area contributed by atoms with Crippen molar-refractivity contribution in [1.29, 1.82) is 0 Å². The molecule has 3 rings (SSSR count). The molecule has 2 aliphatic rings. The largest absolute Gasteiger partial charge is 0.503 e. The molecule has 6 nitrogen and oxygen atoms in total. The molecule has 0 aromatic carbocycles. The summed E-state index contributed by atoms with van der Waals surface area (Å²) in [5.41, 5.74) is 0.962. The summed E-state index contributed by atoms with van der Waals surface area (Å²) in [6.07, 6.45) is 6.94. The van der Waals surface area contributed by atoms with Gasteiger partial charge in [-0.3, -0.25) is 14.6 Å². The van der Waals surface area contributed by atoms with Gasteiger partial charge in [-0.2, -0.15) is 0 Å². The summed E-state index contributed by atoms with van der Waals surface area (Å²) in [6, 6.07) is 3.08. The predicted molar refractivity (Wildman–Crippen MR) is 98.5 cm³/mol. The van der Waals surface area contributed by atoms with Crippen LogP contribution in [-0.4, -0.2) is 57.8 Å². The molecule has 1 aromatic heterocycles. The molecular weight excluding hydrogens is 330 g/mol. The minimum absolute atomic E-state index is 0.190. The van der Waals surface area contributed by atoms with Crippen molar-refractivity contribution in [2.45, 2.75) is 39.2 Å². The molecule has 1 atom stereocenters. The van der Waals surface area contributed by atoms with Crippen LogP contribution in [0.25, 0.3) is 0 Å². The summed E-state index contributed by atoms with van der Waals surface area (Å²) < 4.78 is 0. The van der Waals surface area contributed by atoms with E-state index in [1.807, 2.05) is 6.07 Å². The smallest absolute Gasteiger partial charge is 0.290 e. The zero-order valence-corrected chi connectivity index (χ0v) is 15.5. The Hall–Kier alpha value is -2.21. The van der Waals surface area contributed by atoms with Crippen LogP contribution in [0.3, 0.4) is 0 Å². The number of aliphatic hydroxyl groups is 1. The number of nitrogens with zero attached hydrogens (tertiary/aromatic N) is 3. The maximum atomic E-state index is 12.7. The van der Waals surface area contributed by atoms with Gasteiger partial charge in [-0.15, -0.1) is 0 Å². The highest BCUT2D eigenvalue weighted by Crippen LogP contribution is 2.38. The summed E-state index contributed by atoms with van der Waals surface area (Å²) in [5, 5.41) is 10.4. The SMILES string of the molecule is CC(C)C(=O)C1=C(O)C(=O)N(CCN2CCCCC2)C1c1cccnc1. The number of likely N-dealkylation sites (tertiary alicyclic amines) is 1. The summed E-state index contributed by atoms with van der Waals surface area (Å²) in [4.78, 5) is 33.5. The standard InChI is InChI=1S/C20H27N3O3/c1-14(2)18(24)16-17(15-7-6-8-21-13-15)23(20(26)19(16)25)12-11-22-9-4-3-5-10-22/h6-8,13-14,17,25H,3-5,9-12H2,1-2H3. The van der Waals surface area contributed by atoms with E-state index >= 15 is 0 Å². The maximum absolute atomic E-state index is 12.7. The molecule has 6 heteroatoms. The molecule has 1 N–H and O–H groups in total. The number of amides is 1. The monoisotopic (exact) mass is 357 g/mol. The van der Waals surface area contributed by atoms with E-state index < -0.39 is 17.7 Å². The minimum Gasteiger partial charge on any atom is -0.503 e. The van der Waals surface area contributed by atoms with Crippen molar-refractivity contribution >= 4 is 11.7 Å². The normalized spacial score (nSPS) is 21.7. The summed E-state index contributed by atoms with van der Waals surface area (Å²) >= 11 is 0. The lowest BCUT2D eigenvalue weighted by Gasteiger charge is -2.31. The Morgan fingerprint density at radius 2 is 2.00 bits per heavy atom. The van der Waals surface area contributed by atoms with E-state index in [4.69, 9.17) is 0 Å². The summed E-state index contributed by atoms with van der Waals surface area (Å²) in [6.45, 7) is 6.87. The Morgan fingerprint density at radius 1 is 1.27 bits per heavy atom. The number of pyridine rings is 1. The van der Waals surface area contributed by atoms with Gasteiger partial charge in [0.2, 0.25) is 0 Å². The van der Waals surface area contributed by atoms with Gasteiger partial charge in [0, 0.05) is 31.4 Å². The lowest BCUT2D eigenvalue weighted by Crippen LogP contribution is -2.40. The quantitative estimate of drug-likeness (QED) is 0.847. The van der Waals surface area contributed by atoms with E-state index in [1.165, 1.54) is 19.3 Å². The van der Waals surface area contributed by atoms with Crippen LogP contribution in [0.15, 0.2) is 35.9 Å². The Balaban J connectivity index is 1.87. The van der Waals surface area contributed by atoms with Gasteiger partial charge in [0.1, 0.15) is 0 Å². The molecule has 1 saturated heterocycles. The highest BCUT2D eigenvalue weighted by atomic mass is 16.3. The second-order valence-corrected chi connectivity index (χ2v) is 7.37. The number of rotatable bonds is 6. The number of carbonyl (C=O) groups is 2. The average Bonchev–Trinajstić information content (AvgIpc) is 2.91. The van der Waals surface area contributed by atoms with E-state index in [2.05, 4.69) is 9.88 Å². The first-order valence-electron chi connectivity index (χ1n) is 9.41. The van der Waals surface area contributed by atoms with Crippen molar-refractivity contribution in [2.75, 3.05) is 26.2 Å². The highest BCUT2D eigenvalue weighted by Gasteiger charge is 2.43. The fourth-order valence-corrected chi connectivity index (χ4v) is 3.76. The van der Waals surface area contributed by atoms with E-state index in [9.17, 15) is 14.7 Å². The van der Waals surface area contributed by atoms with E-state index in [-0.39, 0.29) is 17.3 Å². The van der Waals surface area contributed by atoms with Gasteiger partial charge in [0.25, 0.3) is 5.91 Å². The molecule has 0 bridgehead atoms. The van der Waals surface area contributed by atoms with Crippen LogP contribution < -0.4 is 0 Å². The van der Waals surface area contributed by atoms with Crippen LogP contribution in [0.5, 0.6) is 0 Å². The topological polar surface area (TPSA) is 73.7 Å². The van der Waals surface area contributed by atoms with Crippen LogP contribution in [0.1, 0.15) is 44.7 Å². The van der Waals surface area contributed by atoms with Crippen LogP contribution in [0.2, 0.25) is 0 Å². The van der Waals surface area contributed by atoms with Gasteiger partial charge in [0.15, 0.2) is 11.5 Å². The maximum Gasteiger partial charge on any atom is 0.290 e. The third kappa shape index (κ3) is 3.65. The van der Waals surface area contributed by atoms with Crippen molar-refractivity contribution < 1.29 is 14.7 Å². The zero-order chi connectivity index (χ0) is 18.7. The summed E-state index contributed by atoms with van der Waals surface area (Å²) in [5.74, 6) is -1.34. The van der Waals surface area contributed by atoms with Crippen LogP contribution in [0, 0.1) is 5.92 Å². The van der Waals surface area contributed by atoms with Crippen molar-refractivity contribution in [3.05, 3.63) is 41.4 Å². The van der Waals surface area contributed by atoms with Crippen LogP contribution in [0.4, 0.5) is 0 Å². The molecule has 140 valence electrons. The third-order valence-electron chi connectivity index (χ3n) is 5.20. The molecule has 0 saturated carbocycles.